The van der Waals surface area contributed by atoms with Crippen LogP contribution in [-0.4, -0.2) is 97.0 Å². The van der Waals surface area contributed by atoms with Gasteiger partial charge in [-0.3, -0.25) is 33.6 Å². The minimum Gasteiger partial charge on any atom is -0.469 e. The summed E-state index contributed by atoms with van der Waals surface area (Å²) in [4.78, 5) is 130. The highest BCUT2D eigenvalue weighted by Gasteiger charge is 2.55. The molecule has 3 aromatic rings. The van der Waals surface area contributed by atoms with Gasteiger partial charge < -0.3 is 47.4 Å². The second-order valence-corrected chi connectivity index (χ2v) is 15.4. The van der Waals surface area contributed by atoms with E-state index in [1.807, 2.05) is 0 Å². The number of hydrogen-bond acceptors (Lipinski definition) is 23. The molecule has 72 heavy (non-hydrogen) atoms. The van der Waals surface area contributed by atoms with Gasteiger partial charge in [-0.2, -0.15) is 0 Å². The van der Waals surface area contributed by atoms with Gasteiger partial charge in [0.25, 0.3) is 0 Å². The maximum Gasteiger partial charge on any atom is 0.331 e. The fourth-order valence-corrected chi connectivity index (χ4v) is 7.01. The van der Waals surface area contributed by atoms with Crippen molar-refractivity contribution in [1.82, 2.24) is 0 Å². The van der Waals surface area contributed by atoms with E-state index in [9.17, 15) is 47.9 Å². The molecule has 0 spiro atoms. The molecular formula is C49H48O23. The predicted octanol–water partition coefficient (Wildman–Crippen LogP) is 5.18. The Kier molecular flexibility index (Phi) is 20.6. The molecule has 382 valence electrons. The average molecular weight is 1000 g/mol. The van der Waals surface area contributed by atoms with Crippen molar-refractivity contribution in [2.24, 2.45) is 5.41 Å². The number of hydrogen-bond donors (Lipinski definition) is 1. The Bertz CT molecular complexity index is 2550. The van der Waals surface area contributed by atoms with Crippen LogP contribution in [0.3, 0.4) is 0 Å². The van der Waals surface area contributed by atoms with Gasteiger partial charge in [-0.25, -0.2) is 24.5 Å². The third-order valence-corrected chi connectivity index (χ3v) is 9.70. The molecule has 1 fully saturated rings. The van der Waals surface area contributed by atoms with Crippen LogP contribution in [0.1, 0.15) is 77.5 Å². The first-order valence-electron chi connectivity index (χ1n) is 21.3. The molecule has 0 bridgehead atoms. The lowest BCUT2D eigenvalue weighted by Gasteiger charge is -2.44. The maximum atomic E-state index is 13.7. The van der Waals surface area contributed by atoms with Crippen LogP contribution in [-0.2, 0) is 76.8 Å². The lowest BCUT2D eigenvalue weighted by atomic mass is 9.68. The summed E-state index contributed by atoms with van der Waals surface area (Å²) in [7, 11) is 1.05. The number of rotatable bonds is 20. The van der Waals surface area contributed by atoms with Crippen LogP contribution in [0.4, 0.5) is 0 Å². The van der Waals surface area contributed by atoms with Crippen molar-refractivity contribution >= 4 is 77.9 Å². The molecule has 0 saturated heterocycles. The molecule has 23 heteroatoms. The number of carbonyl (C=O) groups excluding carboxylic acids is 10. The lowest BCUT2D eigenvalue weighted by molar-refractivity contribution is -0.491. The zero-order valence-electron chi connectivity index (χ0n) is 39.6. The molecule has 2 atom stereocenters. The fraction of sp³-hybridized carbons (Fsp3) is 0.306. The largest absolute Gasteiger partial charge is 0.469 e. The summed E-state index contributed by atoms with van der Waals surface area (Å²) in [6, 6.07) is 12.0. The molecular weight excluding hydrogens is 957 g/mol. The van der Waals surface area contributed by atoms with Crippen molar-refractivity contribution in [3.8, 4) is 34.5 Å². The highest BCUT2D eigenvalue weighted by atomic mass is 17.5. The Morgan fingerprint density at radius 3 is 1.12 bits per heavy atom. The Labute approximate surface area is 409 Å². The first-order chi connectivity index (χ1) is 34.1. The van der Waals surface area contributed by atoms with Gasteiger partial charge in [0.2, 0.25) is 0 Å². The molecule has 0 aliphatic heterocycles. The van der Waals surface area contributed by atoms with Crippen molar-refractivity contribution in [3.05, 3.63) is 89.5 Å². The van der Waals surface area contributed by atoms with E-state index in [1.54, 1.807) is 0 Å². The number of methoxy groups -OCH3 is 1. The summed E-state index contributed by atoms with van der Waals surface area (Å²) in [6.45, 7) is 6.25. The Morgan fingerprint density at radius 1 is 0.500 bits per heavy atom. The number of benzene rings is 3. The summed E-state index contributed by atoms with van der Waals surface area (Å²) in [6.07, 6.45) is 0.158. The standard InChI is InChI=1S/C49H48O23/c1-27(50)63-36-14-8-33(22-39(36)66-30(4)53)11-17-44(56)69-42-25-49(48(59)61-7,20-21-62-72-60)26-43(70-45(57)18-12-34-9-15-37(64-28(2)51)40(23-34)67-31(5)54)47(42)71-46(58)19-13-35-10-16-38(65-29(3)52)41(24-35)68-32(6)55/h8-19,22-24,42-43,47,60H,20-21,25-26H2,1-7H3/b17-11+,18-12+,19-13+/t42-,43-,47?,49?/m1/s1. The lowest BCUT2D eigenvalue weighted by Crippen LogP contribution is -2.56. The SMILES string of the molecule is COC(=O)C1(CCOOO)C[C@@H](OC(=O)/C=C/c2ccc(OC(C)=O)c(OC(C)=O)c2)C(OC(=O)/C=C/c2ccc(OC(C)=O)c(OC(C)=O)c2)[C@H](OC(=O)/C=C/c2ccc(OC(C)=O)c(OC(C)=O)c2)C1. The zero-order chi connectivity index (χ0) is 53.1. The van der Waals surface area contributed by atoms with E-state index in [2.05, 4.69) is 9.93 Å². The van der Waals surface area contributed by atoms with Gasteiger partial charge in [0.15, 0.2) is 40.6 Å². The Hall–Kier alpha value is -8.54. The van der Waals surface area contributed by atoms with Crippen LogP contribution < -0.4 is 28.4 Å². The van der Waals surface area contributed by atoms with E-state index in [-0.39, 0.29) is 57.6 Å². The van der Waals surface area contributed by atoms with E-state index >= 15 is 0 Å². The second-order valence-electron chi connectivity index (χ2n) is 15.4. The summed E-state index contributed by atoms with van der Waals surface area (Å²) in [5, 5.41) is 12.7. The van der Waals surface area contributed by atoms with Gasteiger partial charge in [0.1, 0.15) is 12.2 Å². The summed E-state index contributed by atoms with van der Waals surface area (Å²) >= 11 is 0. The average Bonchev–Trinajstić information content (AvgIpc) is 3.29. The molecule has 0 heterocycles. The van der Waals surface area contributed by atoms with Crippen LogP contribution >= 0.6 is 0 Å². The van der Waals surface area contributed by atoms with Crippen LogP contribution in [0.2, 0.25) is 0 Å². The van der Waals surface area contributed by atoms with E-state index in [0.29, 0.717) is 0 Å². The van der Waals surface area contributed by atoms with Crippen molar-refractivity contribution in [1.29, 1.82) is 0 Å². The van der Waals surface area contributed by atoms with E-state index in [4.69, 9.17) is 52.6 Å². The molecule has 0 unspecified atom stereocenters. The maximum absolute atomic E-state index is 13.7. The summed E-state index contributed by atoms with van der Waals surface area (Å²) in [5.74, 6) is -9.45. The van der Waals surface area contributed by atoms with Gasteiger partial charge in [-0.1, -0.05) is 23.2 Å². The van der Waals surface area contributed by atoms with Crippen molar-refractivity contribution in [2.45, 2.75) is 79.1 Å². The number of ether oxygens (including phenoxy) is 10. The molecule has 1 N–H and O–H groups in total. The fourth-order valence-electron chi connectivity index (χ4n) is 7.01. The van der Waals surface area contributed by atoms with Crippen molar-refractivity contribution in [2.75, 3.05) is 13.7 Å². The van der Waals surface area contributed by atoms with Crippen LogP contribution in [0.15, 0.2) is 72.8 Å². The minimum atomic E-state index is -1.77. The third-order valence-electron chi connectivity index (χ3n) is 9.70. The molecule has 23 nitrogen and oxygen atoms in total. The molecule has 0 amide bonds. The van der Waals surface area contributed by atoms with E-state index in [1.165, 1.54) is 72.8 Å². The highest BCUT2D eigenvalue weighted by Crippen LogP contribution is 2.44. The topological polar surface area (TPSA) is 302 Å². The van der Waals surface area contributed by atoms with E-state index < -0.39 is 103 Å². The number of esters is 10. The minimum absolute atomic E-state index is 0.101. The molecule has 3 aromatic carbocycles. The monoisotopic (exact) mass is 1000 g/mol. The highest BCUT2D eigenvalue weighted by molar-refractivity contribution is 5.90. The molecule has 0 radical (unpaired) electrons. The van der Waals surface area contributed by atoms with Gasteiger partial charge >= 0.3 is 59.7 Å². The van der Waals surface area contributed by atoms with Crippen molar-refractivity contribution in [3.63, 3.8) is 0 Å². The molecule has 1 aliphatic carbocycles. The first-order valence-corrected chi connectivity index (χ1v) is 21.3. The molecule has 1 aliphatic rings. The first kappa shape index (κ1) is 56.1. The van der Waals surface area contributed by atoms with Gasteiger partial charge in [0.05, 0.1) is 19.1 Å². The normalized spacial score (nSPS) is 17.3. The Balaban J connectivity index is 1.79. The smallest absolute Gasteiger partial charge is 0.331 e. The predicted molar refractivity (Wildman–Crippen MR) is 242 cm³/mol. The second kappa shape index (κ2) is 26.4. The van der Waals surface area contributed by atoms with Crippen LogP contribution in [0, 0.1) is 5.41 Å². The van der Waals surface area contributed by atoms with Gasteiger partial charge in [-0.05, 0) is 77.7 Å². The zero-order valence-corrected chi connectivity index (χ0v) is 39.6. The summed E-state index contributed by atoms with van der Waals surface area (Å²) in [5.41, 5.74) is -1.07. The van der Waals surface area contributed by atoms with E-state index in [0.717, 1.165) is 66.9 Å². The summed E-state index contributed by atoms with van der Waals surface area (Å²) < 4.78 is 53.4. The van der Waals surface area contributed by atoms with Crippen molar-refractivity contribution < 1.29 is 110 Å². The van der Waals surface area contributed by atoms with Crippen LogP contribution in [0.5, 0.6) is 34.5 Å². The van der Waals surface area contributed by atoms with Gasteiger partial charge in [-0.15, -0.1) is 0 Å². The molecule has 4 rings (SSSR count). The quantitative estimate of drug-likeness (QED) is 0.0290. The molecule has 0 aromatic heterocycles. The third kappa shape index (κ3) is 17.5. The Morgan fingerprint density at radius 2 is 0.819 bits per heavy atom. The van der Waals surface area contributed by atoms with Crippen LogP contribution in [0.25, 0.3) is 18.2 Å². The number of carbonyl (C=O) groups is 10. The molecule has 1 saturated carbocycles. The van der Waals surface area contributed by atoms with Gasteiger partial charge in [0, 0.05) is 72.6 Å².